The van der Waals surface area contributed by atoms with Gasteiger partial charge in [-0.1, -0.05) is 38.1 Å². The van der Waals surface area contributed by atoms with Gasteiger partial charge in [0.1, 0.15) is 5.54 Å². The lowest BCUT2D eigenvalue weighted by Crippen LogP contribution is -2.58. The highest BCUT2D eigenvalue weighted by Crippen LogP contribution is 2.44. The Morgan fingerprint density at radius 2 is 1.79 bits per heavy atom. The fourth-order valence-electron chi connectivity index (χ4n) is 3.18. The van der Waals surface area contributed by atoms with Crippen molar-refractivity contribution in [2.45, 2.75) is 57.5 Å². The number of amides is 1. The second kappa shape index (κ2) is 4.64. The van der Waals surface area contributed by atoms with Gasteiger partial charge in [0.25, 0.3) is 0 Å². The summed E-state index contributed by atoms with van der Waals surface area (Å²) < 4.78 is 0. The molecule has 1 aliphatic carbocycles. The van der Waals surface area contributed by atoms with Crippen LogP contribution >= 0.6 is 0 Å². The third kappa shape index (κ3) is 2.27. The first-order valence-electron chi connectivity index (χ1n) is 6.97. The second-order valence-corrected chi connectivity index (χ2v) is 6.50. The summed E-state index contributed by atoms with van der Waals surface area (Å²) in [5.74, 6) is -0.274. The molecule has 1 atom stereocenters. The highest BCUT2D eigenvalue weighted by Gasteiger charge is 2.46. The second-order valence-electron chi connectivity index (χ2n) is 6.50. The van der Waals surface area contributed by atoms with Crippen LogP contribution in [0.5, 0.6) is 0 Å². The van der Waals surface area contributed by atoms with Crippen molar-refractivity contribution in [1.29, 1.82) is 0 Å². The molecule has 3 N–H and O–H groups in total. The van der Waals surface area contributed by atoms with Gasteiger partial charge in [0, 0.05) is 6.04 Å². The lowest BCUT2D eigenvalue weighted by molar-refractivity contribution is -0.126. The van der Waals surface area contributed by atoms with Crippen molar-refractivity contribution < 1.29 is 4.79 Å². The molecular weight excluding hydrogens is 236 g/mol. The molecule has 104 valence electrons. The van der Waals surface area contributed by atoms with E-state index in [0.717, 1.165) is 18.4 Å². The Morgan fingerprint density at radius 3 is 2.32 bits per heavy atom. The number of carbonyl (C=O) groups excluding carboxylic acids is 1. The SMILES string of the molecule is CC(C)NC1(C(N)=O)CCC(C)(C)c2ccccc21. The van der Waals surface area contributed by atoms with Crippen molar-refractivity contribution in [2.24, 2.45) is 5.73 Å². The van der Waals surface area contributed by atoms with E-state index in [1.54, 1.807) is 0 Å². The fraction of sp³-hybridized carbons (Fsp3) is 0.562. The molecule has 0 radical (unpaired) electrons. The molecule has 0 aliphatic heterocycles. The number of benzene rings is 1. The molecule has 0 saturated carbocycles. The van der Waals surface area contributed by atoms with Gasteiger partial charge in [0.05, 0.1) is 0 Å². The van der Waals surface area contributed by atoms with E-state index in [4.69, 9.17) is 5.73 Å². The predicted molar refractivity (Wildman–Crippen MR) is 77.8 cm³/mol. The third-order valence-corrected chi connectivity index (χ3v) is 4.20. The summed E-state index contributed by atoms with van der Waals surface area (Å²) in [7, 11) is 0. The Kier molecular flexibility index (Phi) is 3.43. The van der Waals surface area contributed by atoms with E-state index >= 15 is 0 Å². The summed E-state index contributed by atoms with van der Waals surface area (Å²) in [5, 5.41) is 3.41. The maximum Gasteiger partial charge on any atom is 0.242 e. The molecule has 3 heteroatoms. The Labute approximate surface area is 115 Å². The summed E-state index contributed by atoms with van der Waals surface area (Å²) in [4.78, 5) is 12.1. The number of fused-ring (bicyclic) bond motifs is 1. The van der Waals surface area contributed by atoms with E-state index < -0.39 is 5.54 Å². The first-order chi connectivity index (χ1) is 8.79. The first kappa shape index (κ1) is 14.1. The van der Waals surface area contributed by atoms with Gasteiger partial charge in [-0.3, -0.25) is 10.1 Å². The van der Waals surface area contributed by atoms with Crippen LogP contribution in [-0.4, -0.2) is 11.9 Å². The molecule has 0 fully saturated rings. The molecule has 1 aliphatic rings. The molecule has 1 aromatic carbocycles. The standard InChI is InChI=1S/C16H24N2O/c1-11(2)18-16(14(17)19)10-9-15(3,4)12-7-5-6-8-13(12)16/h5-8,11,18H,9-10H2,1-4H3,(H2,17,19). The zero-order valence-corrected chi connectivity index (χ0v) is 12.3. The van der Waals surface area contributed by atoms with Crippen LogP contribution in [0.15, 0.2) is 24.3 Å². The summed E-state index contributed by atoms with van der Waals surface area (Å²) in [6.07, 6.45) is 1.71. The Morgan fingerprint density at radius 1 is 1.21 bits per heavy atom. The molecule has 3 nitrogen and oxygen atoms in total. The largest absolute Gasteiger partial charge is 0.368 e. The van der Waals surface area contributed by atoms with Crippen molar-refractivity contribution in [2.75, 3.05) is 0 Å². The Balaban J connectivity index is 2.62. The Hall–Kier alpha value is -1.35. The van der Waals surface area contributed by atoms with E-state index in [1.165, 1.54) is 5.56 Å². The number of nitrogens with one attached hydrogen (secondary N) is 1. The molecule has 1 unspecified atom stereocenters. The minimum atomic E-state index is -0.722. The highest BCUT2D eigenvalue weighted by atomic mass is 16.1. The zero-order chi connectivity index (χ0) is 14.3. The quantitative estimate of drug-likeness (QED) is 0.877. The third-order valence-electron chi connectivity index (χ3n) is 4.20. The van der Waals surface area contributed by atoms with Gasteiger partial charge in [-0.2, -0.15) is 0 Å². The van der Waals surface area contributed by atoms with Crippen molar-refractivity contribution in [1.82, 2.24) is 5.32 Å². The van der Waals surface area contributed by atoms with Crippen molar-refractivity contribution in [3.05, 3.63) is 35.4 Å². The monoisotopic (exact) mass is 260 g/mol. The normalized spacial score (nSPS) is 25.1. The van der Waals surface area contributed by atoms with Crippen LogP contribution < -0.4 is 11.1 Å². The molecular formula is C16H24N2O. The van der Waals surface area contributed by atoms with Crippen LogP contribution in [0, 0.1) is 0 Å². The van der Waals surface area contributed by atoms with Crippen molar-refractivity contribution in [3.8, 4) is 0 Å². The van der Waals surface area contributed by atoms with Gasteiger partial charge in [0.2, 0.25) is 5.91 Å². The van der Waals surface area contributed by atoms with Gasteiger partial charge in [0.15, 0.2) is 0 Å². The number of hydrogen-bond donors (Lipinski definition) is 2. The van der Waals surface area contributed by atoms with E-state index in [2.05, 4.69) is 25.2 Å². The maximum atomic E-state index is 12.1. The molecule has 0 heterocycles. The van der Waals surface area contributed by atoms with Crippen molar-refractivity contribution in [3.63, 3.8) is 0 Å². The molecule has 1 aromatic rings. The van der Waals surface area contributed by atoms with Gasteiger partial charge < -0.3 is 5.73 Å². The first-order valence-corrected chi connectivity index (χ1v) is 6.97. The van der Waals surface area contributed by atoms with Crippen LogP contribution in [0.3, 0.4) is 0 Å². The molecule has 2 rings (SSSR count). The van der Waals surface area contributed by atoms with Gasteiger partial charge in [-0.25, -0.2) is 0 Å². The molecule has 0 aromatic heterocycles. The smallest absolute Gasteiger partial charge is 0.242 e. The number of rotatable bonds is 3. The van der Waals surface area contributed by atoms with Crippen LogP contribution in [0.1, 0.15) is 51.7 Å². The summed E-state index contributed by atoms with van der Waals surface area (Å²) in [6.45, 7) is 8.55. The molecule has 0 bridgehead atoms. The van der Waals surface area contributed by atoms with E-state index in [0.29, 0.717) is 0 Å². The number of carbonyl (C=O) groups is 1. The lowest BCUT2D eigenvalue weighted by Gasteiger charge is -2.45. The summed E-state index contributed by atoms with van der Waals surface area (Å²) >= 11 is 0. The van der Waals surface area contributed by atoms with Gasteiger partial charge >= 0.3 is 0 Å². The molecule has 0 saturated heterocycles. The zero-order valence-electron chi connectivity index (χ0n) is 12.3. The fourth-order valence-corrected chi connectivity index (χ4v) is 3.18. The average molecular weight is 260 g/mol. The number of nitrogens with two attached hydrogens (primary N) is 1. The lowest BCUT2D eigenvalue weighted by atomic mass is 9.65. The van der Waals surface area contributed by atoms with Gasteiger partial charge in [-0.15, -0.1) is 0 Å². The average Bonchev–Trinajstić information content (AvgIpc) is 2.33. The van der Waals surface area contributed by atoms with Crippen LogP contribution in [0.25, 0.3) is 0 Å². The predicted octanol–water partition coefficient (Wildman–Crippen LogP) is 2.44. The minimum Gasteiger partial charge on any atom is -0.368 e. The maximum absolute atomic E-state index is 12.1. The van der Waals surface area contributed by atoms with Crippen LogP contribution in [0.4, 0.5) is 0 Å². The van der Waals surface area contributed by atoms with Crippen molar-refractivity contribution >= 4 is 5.91 Å². The van der Waals surface area contributed by atoms with Crippen LogP contribution in [-0.2, 0) is 15.7 Å². The molecule has 1 amide bonds. The minimum absolute atomic E-state index is 0.0915. The topological polar surface area (TPSA) is 55.1 Å². The van der Waals surface area contributed by atoms with E-state index in [1.807, 2.05) is 32.0 Å². The number of hydrogen-bond acceptors (Lipinski definition) is 2. The molecule has 0 spiro atoms. The summed E-state index contributed by atoms with van der Waals surface area (Å²) in [5.41, 5.74) is 7.40. The van der Waals surface area contributed by atoms with Crippen LogP contribution in [0.2, 0.25) is 0 Å². The van der Waals surface area contributed by atoms with Gasteiger partial charge in [-0.05, 0) is 43.2 Å². The Bertz CT molecular complexity index is 493. The van der Waals surface area contributed by atoms with E-state index in [-0.39, 0.29) is 17.4 Å². The number of primary amides is 1. The summed E-state index contributed by atoms with van der Waals surface area (Å²) in [6, 6.07) is 8.39. The molecule has 19 heavy (non-hydrogen) atoms. The highest BCUT2D eigenvalue weighted by molar-refractivity contribution is 5.87. The van der Waals surface area contributed by atoms with E-state index in [9.17, 15) is 4.79 Å².